The molecule has 0 fully saturated rings. The van der Waals surface area contributed by atoms with Crippen LogP contribution in [0.4, 0.5) is 4.39 Å². The summed E-state index contributed by atoms with van der Waals surface area (Å²) in [6, 6.07) is 19.4. The Balaban J connectivity index is 1.52. The van der Waals surface area contributed by atoms with Crippen molar-refractivity contribution in [2.45, 2.75) is 13.1 Å². The molecule has 0 bridgehead atoms. The molecule has 0 saturated carbocycles. The van der Waals surface area contributed by atoms with Gasteiger partial charge in [0.2, 0.25) is 0 Å². The number of fused-ring (bicyclic) bond motifs is 1. The second kappa shape index (κ2) is 8.14. The number of benzene rings is 3. The predicted molar refractivity (Wildman–Crippen MR) is 109 cm³/mol. The van der Waals surface area contributed by atoms with Crippen LogP contribution in [0.2, 0.25) is 0 Å². The topological polar surface area (TPSA) is 56.2 Å². The van der Waals surface area contributed by atoms with E-state index in [1.165, 1.54) is 12.1 Å². The first-order valence-electron chi connectivity index (χ1n) is 9.23. The molecular weight excluding hydrogens is 369 g/mol. The number of nitrogens with one attached hydrogen (secondary N) is 1. The number of hydrogen-bond acceptors (Lipinski definition) is 3. The van der Waals surface area contributed by atoms with Gasteiger partial charge in [-0.3, -0.25) is 9.48 Å². The lowest BCUT2D eigenvalue weighted by molar-refractivity contribution is 0.0951. The van der Waals surface area contributed by atoms with Gasteiger partial charge in [0.15, 0.2) is 0 Å². The summed E-state index contributed by atoms with van der Waals surface area (Å²) in [5, 5.41) is 8.29. The number of hydrogen-bond donors (Lipinski definition) is 1. The number of halogens is 1. The molecule has 1 aromatic heterocycles. The molecule has 1 amide bonds. The molecule has 0 aliphatic carbocycles. The molecule has 3 aromatic carbocycles. The van der Waals surface area contributed by atoms with Crippen LogP contribution in [0.5, 0.6) is 5.75 Å². The molecule has 4 aromatic rings. The van der Waals surface area contributed by atoms with Crippen molar-refractivity contribution in [1.29, 1.82) is 0 Å². The number of carbonyl (C=O) groups excluding carboxylic acids is 1. The van der Waals surface area contributed by atoms with Gasteiger partial charge >= 0.3 is 0 Å². The highest BCUT2D eigenvalue weighted by Gasteiger charge is 2.10. The zero-order valence-electron chi connectivity index (χ0n) is 15.9. The highest BCUT2D eigenvalue weighted by Crippen LogP contribution is 2.19. The van der Waals surface area contributed by atoms with Crippen LogP contribution in [0.3, 0.4) is 0 Å². The van der Waals surface area contributed by atoms with E-state index < -0.39 is 0 Å². The monoisotopic (exact) mass is 389 g/mol. The number of nitrogens with zero attached hydrogens (tertiary/aromatic N) is 2. The van der Waals surface area contributed by atoms with Crippen LogP contribution in [0, 0.1) is 5.82 Å². The summed E-state index contributed by atoms with van der Waals surface area (Å²) < 4.78 is 20.1. The molecule has 6 heteroatoms. The van der Waals surface area contributed by atoms with Crippen molar-refractivity contribution in [2.75, 3.05) is 7.11 Å². The number of rotatable bonds is 6. The van der Waals surface area contributed by atoms with Gasteiger partial charge < -0.3 is 10.1 Å². The van der Waals surface area contributed by atoms with E-state index in [0.29, 0.717) is 18.7 Å². The van der Waals surface area contributed by atoms with Crippen molar-refractivity contribution in [3.05, 3.63) is 95.4 Å². The molecule has 146 valence electrons. The molecule has 1 N–H and O–H groups in total. The Morgan fingerprint density at radius 2 is 1.90 bits per heavy atom. The fourth-order valence-electron chi connectivity index (χ4n) is 3.17. The van der Waals surface area contributed by atoms with Crippen LogP contribution >= 0.6 is 0 Å². The van der Waals surface area contributed by atoms with Gasteiger partial charge in [-0.15, -0.1) is 0 Å². The Morgan fingerprint density at radius 3 is 2.69 bits per heavy atom. The lowest BCUT2D eigenvalue weighted by Crippen LogP contribution is -2.22. The van der Waals surface area contributed by atoms with E-state index in [-0.39, 0.29) is 11.7 Å². The van der Waals surface area contributed by atoms with E-state index in [1.54, 1.807) is 31.5 Å². The fraction of sp³-hybridized carbons (Fsp3) is 0.130. The smallest absolute Gasteiger partial charge is 0.251 e. The summed E-state index contributed by atoms with van der Waals surface area (Å²) in [5.74, 6) is 0.306. The van der Waals surface area contributed by atoms with Crippen LogP contribution in [-0.4, -0.2) is 22.8 Å². The van der Waals surface area contributed by atoms with Gasteiger partial charge in [-0.2, -0.15) is 5.10 Å². The first kappa shape index (κ1) is 18.7. The van der Waals surface area contributed by atoms with Crippen molar-refractivity contribution in [3.63, 3.8) is 0 Å². The molecule has 0 aliphatic rings. The average Bonchev–Trinajstić information content (AvgIpc) is 3.15. The van der Waals surface area contributed by atoms with Crippen molar-refractivity contribution in [3.8, 4) is 5.75 Å². The number of aromatic nitrogens is 2. The molecule has 0 aliphatic heterocycles. The lowest BCUT2D eigenvalue weighted by atomic mass is 10.1. The van der Waals surface area contributed by atoms with E-state index in [1.807, 2.05) is 41.1 Å². The molecule has 4 rings (SSSR count). The zero-order chi connectivity index (χ0) is 20.2. The molecule has 1 heterocycles. The van der Waals surface area contributed by atoms with E-state index in [4.69, 9.17) is 4.74 Å². The average molecular weight is 389 g/mol. The van der Waals surface area contributed by atoms with Gasteiger partial charge in [-0.1, -0.05) is 30.3 Å². The normalized spacial score (nSPS) is 10.8. The third-order valence-corrected chi connectivity index (χ3v) is 4.74. The van der Waals surface area contributed by atoms with Crippen LogP contribution in [0.15, 0.2) is 72.9 Å². The molecule has 0 spiro atoms. The van der Waals surface area contributed by atoms with Crippen molar-refractivity contribution in [2.24, 2.45) is 0 Å². The number of amides is 1. The Morgan fingerprint density at radius 1 is 1.07 bits per heavy atom. The highest BCUT2D eigenvalue weighted by atomic mass is 19.1. The van der Waals surface area contributed by atoms with Crippen LogP contribution < -0.4 is 10.1 Å². The number of ether oxygens (including phenoxy) is 1. The molecule has 0 unspecified atom stereocenters. The Labute approximate surface area is 167 Å². The molecule has 29 heavy (non-hydrogen) atoms. The summed E-state index contributed by atoms with van der Waals surface area (Å²) in [6.07, 6.45) is 1.79. The second-order valence-corrected chi connectivity index (χ2v) is 6.74. The van der Waals surface area contributed by atoms with Crippen LogP contribution in [0.1, 0.15) is 21.5 Å². The van der Waals surface area contributed by atoms with Gasteiger partial charge in [0.25, 0.3) is 5.91 Å². The lowest BCUT2D eigenvalue weighted by Gasteiger charge is -2.08. The zero-order valence-corrected chi connectivity index (χ0v) is 15.9. The summed E-state index contributed by atoms with van der Waals surface area (Å²) >= 11 is 0. The van der Waals surface area contributed by atoms with Gasteiger partial charge in [0.1, 0.15) is 11.6 Å². The third-order valence-electron chi connectivity index (χ3n) is 4.74. The fourth-order valence-corrected chi connectivity index (χ4v) is 3.17. The maximum absolute atomic E-state index is 13.0. The maximum atomic E-state index is 13.0. The van der Waals surface area contributed by atoms with E-state index in [0.717, 1.165) is 27.8 Å². The number of methoxy groups -OCH3 is 1. The standard InChI is InChI=1S/C23H20FN3O2/c1-29-21-4-2-3-17(11-21)15-27-22-12-18(7-8-19(22)14-26-27)23(28)25-13-16-5-9-20(24)10-6-16/h2-12,14H,13,15H2,1H3,(H,25,28). The van der Waals surface area contributed by atoms with E-state index >= 15 is 0 Å². The van der Waals surface area contributed by atoms with Crippen molar-refractivity contribution in [1.82, 2.24) is 15.1 Å². The van der Waals surface area contributed by atoms with Gasteiger partial charge in [-0.25, -0.2) is 4.39 Å². The Bertz CT molecular complexity index is 1150. The van der Waals surface area contributed by atoms with Gasteiger partial charge in [-0.05, 0) is 47.5 Å². The number of carbonyl (C=O) groups is 1. The maximum Gasteiger partial charge on any atom is 0.251 e. The summed E-state index contributed by atoms with van der Waals surface area (Å²) in [6.45, 7) is 0.904. The van der Waals surface area contributed by atoms with Crippen molar-refractivity contribution < 1.29 is 13.9 Å². The Hall–Kier alpha value is -3.67. The first-order valence-corrected chi connectivity index (χ1v) is 9.23. The summed E-state index contributed by atoms with van der Waals surface area (Å²) in [7, 11) is 1.64. The minimum atomic E-state index is -0.296. The summed E-state index contributed by atoms with van der Waals surface area (Å²) in [4.78, 5) is 12.6. The van der Waals surface area contributed by atoms with Crippen LogP contribution in [0.25, 0.3) is 10.9 Å². The van der Waals surface area contributed by atoms with Crippen molar-refractivity contribution >= 4 is 16.8 Å². The SMILES string of the molecule is COc1cccc(Cn2ncc3ccc(C(=O)NCc4ccc(F)cc4)cc32)c1. The third kappa shape index (κ3) is 4.27. The van der Waals surface area contributed by atoms with E-state index in [9.17, 15) is 9.18 Å². The summed E-state index contributed by atoms with van der Waals surface area (Å²) in [5.41, 5.74) is 3.32. The molecule has 5 nitrogen and oxygen atoms in total. The quantitative estimate of drug-likeness (QED) is 0.539. The first-order chi connectivity index (χ1) is 14.1. The minimum absolute atomic E-state index is 0.189. The molecule has 0 saturated heterocycles. The predicted octanol–water partition coefficient (Wildman–Crippen LogP) is 4.16. The highest BCUT2D eigenvalue weighted by molar-refractivity contribution is 5.97. The van der Waals surface area contributed by atoms with Crippen LogP contribution in [-0.2, 0) is 13.1 Å². The largest absolute Gasteiger partial charge is 0.497 e. The molecular formula is C23H20FN3O2. The molecule has 0 radical (unpaired) electrons. The minimum Gasteiger partial charge on any atom is -0.497 e. The van der Waals surface area contributed by atoms with Gasteiger partial charge in [0, 0.05) is 17.5 Å². The molecule has 0 atom stereocenters. The van der Waals surface area contributed by atoms with E-state index in [2.05, 4.69) is 10.4 Å². The second-order valence-electron chi connectivity index (χ2n) is 6.74. The Kier molecular flexibility index (Phi) is 5.24. The van der Waals surface area contributed by atoms with Gasteiger partial charge in [0.05, 0.1) is 25.4 Å².